The second-order valence-corrected chi connectivity index (χ2v) is 5.81. The molecular formula is C11H14O5S. The van der Waals surface area contributed by atoms with Crippen molar-refractivity contribution in [3.8, 4) is 0 Å². The molecule has 0 spiro atoms. The van der Waals surface area contributed by atoms with Gasteiger partial charge in [0.1, 0.15) is 0 Å². The summed E-state index contributed by atoms with van der Waals surface area (Å²) in [5, 5.41) is 8.81. The highest BCUT2D eigenvalue weighted by Crippen LogP contribution is 2.40. The molecule has 0 aromatic rings. The predicted octanol–water partition coefficient (Wildman–Crippen LogP) is 1.06. The lowest BCUT2D eigenvalue weighted by molar-refractivity contribution is -0.153. The molecule has 1 aliphatic carbocycles. The number of esters is 2. The van der Waals surface area contributed by atoms with Crippen LogP contribution in [-0.2, 0) is 19.1 Å². The maximum Gasteiger partial charge on any atom is 0.317 e. The summed E-state index contributed by atoms with van der Waals surface area (Å²) in [6.45, 7) is 0. The van der Waals surface area contributed by atoms with E-state index in [1.165, 1.54) is 0 Å². The molecule has 2 fully saturated rings. The lowest BCUT2D eigenvalue weighted by atomic mass is 9.81. The largest absolute Gasteiger partial charge is 0.481 e. The monoisotopic (exact) mass is 258 g/mol. The highest BCUT2D eigenvalue weighted by Gasteiger charge is 2.47. The van der Waals surface area contributed by atoms with Crippen LogP contribution in [-0.4, -0.2) is 34.0 Å². The number of carbonyl (C=O) groups excluding carboxylic acids is 2. The molecule has 3 unspecified atom stereocenters. The van der Waals surface area contributed by atoms with Gasteiger partial charge in [-0.15, -0.1) is 0 Å². The summed E-state index contributed by atoms with van der Waals surface area (Å²) < 4.78 is 4.62. The van der Waals surface area contributed by atoms with Gasteiger partial charge in [0.05, 0.1) is 18.3 Å². The molecule has 1 saturated heterocycles. The Morgan fingerprint density at radius 3 is 2.71 bits per heavy atom. The number of thioether (sulfide) groups is 1. The van der Waals surface area contributed by atoms with E-state index >= 15 is 0 Å². The minimum Gasteiger partial charge on any atom is -0.481 e. The van der Waals surface area contributed by atoms with Crippen LogP contribution in [0.1, 0.15) is 25.7 Å². The van der Waals surface area contributed by atoms with Gasteiger partial charge in [-0.2, -0.15) is 11.8 Å². The average molecular weight is 258 g/mol. The first kappa shape index (κ1) is 12.4. The predicted molar refractivity (Wildman–Crippen MR) is 60.4 cm³/mol. The number of hydrogen-bond donors (Lipinski definition) is 1. The zero-order valence-corrected chi connectivity index (χ0v) is 10.1. The fraction of sp³-hybridized carbons (Fsp3) is 0.727. The number of hydrogen-bond acceptors (Lipinski definition) is 5. The Kier molecular flexibility index (Phi) is 3.71. The van der Waals surface area contributed by atoms with E-state index < -0.39 is 11.9 Å². The Morgan fingerprint density at radius 2 is 2.00 bits per heavy atom. The summed E-state index contributed by atoms with van der Waals surface area (Å²) in [5.74, 6) is -1.57. The van der Waals surface area contributed by atoms with Crippen molar-refractivity contribution in [1.82, 2.24) is 0 Å². The zero-order chi connectivity index (χ0) is 12.4. The fourth-order valence-corrected chi connectivity index (χ4v) is 3.66. The molecule has 5 nitrogen and oxygen atoms in total. The second kappa shape index (κ2) is 5.08. The third-order valence-electron chi connectivity index (χ3n) is 3.28. The Hall–Kier alpha value is -1.04. The molecule has 17 heavy (non-hydrogen) atoms. The third kappa shape index (κ3) is 2.80. The van der Waals surface area contributed by atoms with E-state index in [-0.39, 0.29) is 29.5 Å². The molecule has 2 aliphatic rings. The lowest BCUT2D eigenvalue weighted by Crippen LogP contribution is -2.28. The molecule has 94 valence electrons. The Morgan fingerprint density at radius 1 is 1.29 bits per heavy atom. The molecule has 1 heterocycles. The van der Waals surface area contributed by atoms with E-state index in [4.69, 9.17) is 5.11 Å². The molecule has 1 N–H and O–H groups in total. The van der Waals surface area contributed by atoms with Crippen molar-refractivity contribution in [3.05, 3.63) is 0 Å². The molecule has 2 rings (SSSR count). The first-order chi connectivity index (χ1) is 8.08. The lowest BCUT2D eigenvalue weighted by Gasteiger charge is -2.27. The van der Waals surface area contributed by atoms with Crippen molar-refractivity contribution >= 4 is 29.7 Å². The number of ether oxygens (including phenoxy) is 1. The Bertz CT molecular complexity index is 354. The minimum atomic E-state index is -0.804. The third-order valence-corrected chi connectivity index (χ3v) is 4.62. The van der Waals surface area contributed by atoms with E-state index in [1.807, 2.05) is 0 Å². The fourth-order valence-electron chi connectivity index (χ4n) is 2.39. The Labute approximate surface area is 103 Å². The van der Waals surface area contributed by atoms with Gasteiger partial charge in [-0.1, -0.05) is 0 Å². The number of fused-ring (bicyclic) bond motifs is 1. The SMILES string of the molecule is O=C(O)CCSC1CCC2C(=O)OC(=O)C2C1. The zero-order valence-electron chi connectivity index (χ0n) is 9.26. The molecule has 0 aromatic carbocycles. The maximum absolute atomic E-state index is 11.4. The van der Waals surface area contributed by atoms with Gasteiger partial charge in [0.25, 0.3) is 0 Å². The second-order valence-electron chi connectivity index (χ2n) is 4.40. The Balaban J connectivity index is 1.83. The normalized spacial score (nSPS) is 32.1. The van der Waals surface area contributed by atoms with Crippen molar-refractivity contribution in [2.24, 2.45) is 11.8 Å². The van der Waals surface area contributed by atoms with Crippen molar-refractivity contribution in [3.63, 3.8) is 0 Å². The van der Waals surface area contributed by atoms with E-state index in [2.05, 4.69) is 4.74 Å². The van der Waals surface area contributed by atoms with Crippen molar-refractivity contribution in [2.45, 2.75) is 30.9 Å². The molecule has 3 atom stereocenters. The van der Waals surface area contributed by atoms with Crippen LogP contribution in [0.2, 0.25) is 0 Å². The summed E-state index contributed by atoms with van der Waals surface area (Å²) in [7, 11) is 0. The van der Waals surface area contributed by atoms with Gasteiger partial charge >= 0.3 is 17.9 Å². The van der Waals surface area contributed by atoms with Crippen LogP contribution in [0.3, 0.4) is 0 Å². The number of carbonyl (C=O) groups is 3. The maximum atomic E-state index is 11.4. The number of cyclic esters (lactones) is 2. The molecule has 0 bridgehead atoms. The van der Waals surface area contributed by atoms with Gasteiger partial charge in [-0.05, 0) is 19.3 Å². The minimum absolute atomic E-state index is 0.138. The molecule has 0 aromatic heterocycles. The number of carboxylic acid groups (broad SMARTS) is 1. The van der Waals surface area contributed by atoms with E-state index in [0.717, 1.165) is 6.42 Å². The van der Waals surface area contributed by atoms with Crippen molar-refractivity contribution < 1.29 is 24.2 Å². The van der Waals surface area contributed by atoms with Crippen LogP contribution in [0.15, 0.2) is 0 Å². The first-order valence-electron chi connectivity index (χ1n) is 5.67. The van der Waals surface area contributed by atoms with Crippen LogP contribution < -0.4 is 0 Å². The van der Waals surface area contributed by atoms with Crippen molar-refractivity contribution in [2.75, 3.05) is 5.75 Å². The van der Waals surface area contributed by atoms with Crippen LogP contribution in [0.25, 0.3) is 0 Å². The average Bonchev–Trinajstić information content (AvgIpc) is 2.54. The first-order valence-corrected chi connectivity index (χ1v) is 6.71. The van der Waals surface area contributed by atoms with Crippen LogP contribution >= 0.6 is 11.8 Å². The van der Waals surface area contributed by atoms with Gasteiger partial charge in [0.2, 0.25) is 0 Å². The van der Waals surface area contributed by atoms with Gasteiger partial charge in [0.15, 0.2) is 0 Å². The summed E-state index contributed by atoms with van der Waals surface area (Å²) in [5.41, 5.74) is 0. The molecule has 0 radical (unpaired) electrons. The summed E-state index contributed by atoms with van der Waals surface area (Å²) >= 11 is 1.58. The number of rotatable bonds is 4. The van der Waals surface area contributed by atoms with Crippen LogP contribution in [0, 0.1) is 11.8 Å². The quantitative estimate of drug-likeness (QED) is 0.600. The van der Waals surface area contributed by atoms with E-state index in [9.17, 15) is 14.4 Å². The van der Waals surface area contributed by atoms with Crippen LogP contribution in [0.5, 0.6) is 0 Å². The van der Waals surface area contributed by atoms with Gasteiger partial charge in [-0.25, -0.2) is 0 Å². The van der Waals surface area contributed by atoms with Crippen LogP contribution in [0.4, 0.5) is 0 Å². The topological polar surface area (TPSA) is 80.7 Å². The molecule has 6 heteroatoms. The summed E-state index contributed by atoms with van der Waals surface area (Å²) in [6.07, 6.45) is 2.31. The smallest absolute Gasteiger partial charge is 0.317 e. The highest BCUT2D eigenvalue weighted by atomic mass is 32.2. The molecular weight excluding hydrogens is 244 g/mol. The van der Waals surface area contributed by atoms with Gasteiger partial charge in [-0.3, -0.25) is 14.4 Å². The number of aliphatic carboxylic acids is 1. The van der Waals surface area contributed by atoms with E-state index in [1.54, 1.807) is 11.8 Å². The van der Waals surface area contributed by atoms with Crippen molar-refractivity contribution in [1.29, 1.82) is 0 Å². The molecule has 1 aliphatic heterocycles. The van der Waals surface area contributed by atoms with E-state index in [0.29, 0.717) is 18.6 Å². The highest BCUT2D eigenvalue weighted by molar-refractivity contribution is 7.99. The summed E-state index contributed by atoms with van der Waals surface area (Å²) in [4.78, 5) is 33.1. The van der Waals surface area contributed by atoms with Gasteiger partial charge < -0.3 is 9.84 Å². The molecule has 0 amide bonds. The molecule has 1 saturated carbocycles. The van der Waals surface area contributed by atoms with Gasteiger partial charge in [0, 0.05) is 11.0 Å². The standard InChI is InChI=1S/C11H14O5S/c12-9(13)3-4-17-6-1-2-7-8(5-6)11(15)16-10(7)14/h6-8H,1-5H2,(H,12,13). The summed E-state index contributed by atoms with van der Waals surface area (Å²) in [6, 6.07) is 0. The number of carboxylic acids is 1.